The minimum Gasteiger partial charge on any atom is -0.0610 e. The molecule has 0 nitrogen and oxygen atoms in total. The fraction of sp³-hybridized carbons (Fsp3) is 0.200. The summed E-state index contributed by atoms with van der Waals surface area (Å²) in [5.74, 6) is 0. The van der Waals surface area contributed by atoms with Crippen LogP contribution in [0.25, 0.3) is 99.1 Å². The maximum atomic E-state index is 2.48. The van der Waals surface area contributed by atoms with Crippen LogP contribution in [0.4, 0.5) is 0 Å². The number of benzene rings is 10. The van der Waals surface area contributed by atoms with Crippen LogP contribution in [0.5, 0.6) is 0 Å². The van der Waals surface area contributed by atoms with Gasteiger partial charge in [0.2, 0.25) is 0 Å². The Kier molecular flexibility index (Phi) is 7.58. The summed E-state index contributed by atoms with van der Waals surface area (Å²) in [6.07, 6.45) is 0. The minimum absolute atomic E-state index is 0.0603. The lowest BCUT2D eigenvalue weighted by atomic mass is 9.78. The molecule has 0 aromatic heterocycles. The molecule has 10 aromatic rings. The maximum Gasteiger partial charge on any atom is 0.0159 e. The summed E-state index contributed by atoms with van der Waals surface area (Å²) < 4.78 is 0. The van der Waals surface area contributed by atoms with E-state index < -0.39 is 0 Å². The summed E-state index contributed by atoms with van der Waals surface area (Å²) in [5, 5.41) is 7.99. The molecule has 0 radical (unpaired) electrons. The third-order valence-electron chi connectivity index (χ3n) is 16.4. The van der Waals surface area contributed by atoms with Crippen molar-refractivity contribution in [3.63, 3.8) is 0 Å². The molecule has 0 aliphatic heterocycles. The van der Waals surface area contributed by atoms with Crippen LogP contribution in [0.15, 0.2) is 164 Å². The highest BCUT2D eigenvalue weighted by Crippen LogP contribution is 2.55. The van der Waals surface area contributed by atoms with Gasteiger partial charge in [-0.15, -0.1) is 0 Å². The first-order valence-electron chi connectivity index (χ1n) is 23.7. The Bertz CT molecular complexity index is 3690. The van der Waals surface area contributed by atoms with E-state index in [4.69, 9.17) is 0 Å². The lowest BCUT2D eigenvalue weighted by Gasteiger charge is -2.25. The van der Waals surface area contributed by atoms with Crippen molar-refractivity contribution in [2.75, 3.05) is 0 Å². The molecule has 0 saturated carbocycles. The predicted molar refractivity (Wildman–Crippen MR) is 278 cm³/mol. The van der Waals surface area contributed by atoms with Crippen molar-refractivity contribution in [1.29, 1.82) is 0 Å². The summed E-state index contributed by atoms with van der Waals surface area (Å²) in [5.41, 5.74) is 25.6. The summed E-state index contributed by atoms with van der Waals surface area (Å²) in [6.45, 7) is 21.4. The van der Waals surface area contributed by atoms with E-state index in [0.717, 1.165) is 0 Å². The minimum atomic E-state index is -0.145. The summed E-state index contributed by atoms with van der Waals surface area (Å²) in [6, 6.07) is 63.7. The molecule has 13 rings (SSSR count). The summed E-state index contributed by atoms with van der Waals surface area (Å²) in [4.78, 5) is 0. The van der Waals surface area contributed by atoms with Crippen LogP contribution in [0.2, 0.25) is 0 Å². The first-order chi connectivity index (χ1) is 31.1. The Morgan fingerprint density at radius 3 is 1.05 bits per heavy atom. The Morgan fingerprint density at radius 2 is 0.615 bits per heavy atom. The van der Waals surface area contributed by atoms with Crippen molar-refractivity contribution in [2.24, 2.45) is 0 Å². The fourth-order valence-corrected chi connectivity index (χ4v) is 12.6. The molecule has 3 aliphatic carbocycles. The molecule has 0 amide bonds. The first kappa shape index (κ1) is 38.7. The molecular formula is C65H54. The second kappa shape index (κ2) is 12.7. The molecule has 0 N–H and O–H groups in total. The monoisotopic (exact) mass is 834 g/mol. The van der Waals surface area contributed by atoms with Crippen LogP contribution in [0, 0.1) is 0 Å². The Balaban J connectivity index is 0.826. The zero-order valence-electron chi connectivity index (χ0n) is 39.1. The van der Waals surface area contributed by atoms with Crippen LogP contribution in [0.3, 0.4) is 0 Å². The first-order valence-corrected chi connectivity index (χ1v) is 23.7. The van der Waals surface area contributed by atoms with E-state index in [1.807, 2.05) is 0 Å². The third-order valence-corrected chi connectivity index (χ3v) is 16.4. The SMILES string of the molecule is CC(C)(C)c1ccc2c(c1)C(C)(C)c1cc(-c3ccc4c(c3)C(C)(C)c3cc(-c5ccc6c(c5)C(C)(C)c5cc(-c7ccc8ccc9cccc%10ccc7c8c9%10)ccc5-6)ccc3-4)ccc1-2. The van der Waals surface area contributed by atoms with Crippen molar-refractivity contribution in [3.8, 4) is 66.8 Å². The highest BCUT2D eigenvalue weighted by Gasteiger charge is 2.39. The molecule has 0 fully saturated rings. The molecule has 0 saturated heterocycles. The normalized spacial score (nSPS) is 15.8. The molecule has 0 spiro atoms. The third kappa shape index (κ3) is 5.26. The average Bonchev–Trinajstić information content (AvgIpc) is 3.78. The van der Waals surface area contributed by atoms with Gasteiger partial charge in [-0.25, -0.2) is 0 Å². The van der Waals surface area contributed by atoms with Gasteiger partial charge in [0.25, 0.3) is 0 Å². The van der Waals surface area contributed by atoms with Gasteiger partial charge >= 0.3 is 0 Å². The van der Waals surface area contributed by atoms with Crippen molar-refractivity contribution in [2.45, 2.75) is 84.0 Å². The average molecular weight is 835 g/mol. The van der Waals surface area contributed by atoms with E-state index in [1.54, 1.807) is 0 Å². The molecule has 0 heterocycles. The van der Waals surface area contributed by atoms with Gasteiger partial charge in [0.15, 0.2) is 0 Å². The Morgan fingerprint density at radius 1 is 0.292 bits per heavy atom. The van der Waals surface area contributed by atoms with Gasteiger partial charge in [-0.2, -0.15) is 0 Å². The second-order valence-corrected chi connectivity index (χ2v) is 22.2. The zero-order valence-corrected chi connectivity index (χ0v) is 39.1. The largest absolute Gasteiger partial charge is 0.0610 e. The fourth-order valence-electron chi connectivity index (χ4n) is 12.6. The Labute approximate surface area is 384 Å². The van der Waals surface area contributed by atoms with Gasteiger partial charge in [0, 0.05) is 16.2 Å². The highest BCUT2D eigenvalue weighted by molar-refractivity contribution is 6.25. The molecule has 10 aromatic carbocycles. The van der Waals surface area contributed by atoms with Gasteiger partial charge in [-0.1, -0.05) is 196 Å². The van der Waals surface area contributed by atoms with E-state index in [-0.39, 0.29) is 21.7 Å². The lowest BCUT2D eigenvalue weighted by Crippen LogP contribution is -2.17. The van der Waals surface area contributed by atoms with Crippen molar-refractivity contribution in [3.05, 3.63) is 203 Å². The standard InChI is InChI=1S/C65H54/c1-62(2,3)45-22-30-52-50-27-20-43(34-57(50)65(8,9)59(52)36-45)41-18-25-48-47-24-17-40(31-54(47)63(4,5)55(48)32-41)42-19-26-49-51-28-21-44(35-58(51)64(6,7)56(49)33-42)46-23-15-39-14-13-37-11-10-12-38-16-29-53(46)61(39)60(37)38/h10-36H,1-9H3. The second-order valence-electron chi connectivity index (χ2n) is 22.2. The zero-order chi connectivity index (χ0) is 44.5. The maximum absolute atomic E-state index is 2.48. The van der Waals surface area contributed by atoms with Crippen LogP contribution >= 0.6 is 0 Å². The number of hydrogen-bond acceptors (Lipinski definition) is 0. The van der Waals surface area contributed by atoms with Crippen LogP contribution in [0.1, 0.15) is 101 Å². The van der Waals surface area contributed by atoms with Crippen molar-refractivity contribution in [1.82, 2.24) is 0 Å². The smallest absolute Gasteiger partial charge is 0.0159 e. The summed E-state index contributed by atoms with van der Waals surface area (Å²) in [7, 11) is 0. The quantitative estimate of drug-likeness (QED) is 0.156. The predicted octanol–water partition coefficient (Wildman–Crippen LogP) is 17.8. The molecule has 0 bridgehead atoms. The van der Waals surface area contributed by atoms with Gasteiger partial charge in [-0.05, 0) is 174 Å². The van der Waals surface area contributed by atoms with E-state index in [1.165, 1.54) is 138 Å². The summed E-state index contributed by atoms with van der Waals surface area (Å²) >= 11 is 0. The molecule has 3 aliphatic rings. The van der Waals surface area contributed by atoms with Crippen molar-refractivity contribution < 1.29 is 0 Å². The van der Waals surface area contributed by atoms with Crippen LogP contribution in [-0.4, -0.2) is 0 Å². The number of hydrogen-bond donors (Lipinski definition) is 0. The molecule has 314 valence electrons. The van der Waals surface area contributed by atoms with E-state index >= 15 is 0 Å². The van der Waals surface area contributed by atoms with Crippen molar-refractivity contribution >= 4 is 32.3 Å². The van der Waals surface area contributed by atoms with E-state index in [9.17, 15) is 0 Å². The lowest BCUT2D eigenvalue weighted by molar-refractivity contribution is 0.584. The Hall–Kier alpha value is -6.76. The van der Waals surface area contributed by atoms with Gasteiger partial charge in [0.1, 0.15) is 0 Å². The molecule has 0 heteroatoms. The topological polar surface area (TPSA) is 0 Å². The van der Waals surface area contributed by atoms with Gasteiger partial charge in [0.05, 0.1) is 0 Å². The van der Waals surface area contributed by atoms with Gasteiger partial charge < -0.3 is 0 Å². The van der Waals surface area contributed by atoms with Crippen LogP contribution < -0.4 is 0 Å². The highest BCUT2D eigenvalue weighted by atomic mass is 14.4. The van der Waals surface area contributed by atoms with Gasteiger partial charge in [-0.3, -0.25) is 0 Å². The molecular weight excluding hydrogens is 781 g/mol. The molecule has 0 atom stereocenters. The molecule has 65 heavy (non-hydrogen) atoms. The van der Waals surface area contributed by atoms with E-state index in [0.29, 0.717) is 0 Å². The number of rotatable bonds is 3. The molecule has 0 unspecified atom stereocenters. The van der Waals surface area contributed by atoms with Crippen LogP contribution in [-0.2, 0) is 21.7 Å². The number of fused-ring (bicyclic) bond motifs is 9. The van der Waals surface area contributed by atoms with E-state index in [2.05, 4.69) is 226 Å².